The van der Waals surface area contributed by atoms with Gasteiger partial charge >= 0.3 is 0 Å². The minimum absolute atomic E-state index is 0.273. The van der Waals surface area contributed by atoms with Gasteiger partial charge in [0.25, 0.3) is 0 Å². The number of hydrogen-bond acceptors (Lipinski definition) is 4. The van der Waals surface area contributed by atoms with Crippen molar-refractivity contribution in [3.8, 4) is 11.5 Å². The van der Waals surface area contributed by atoms with E-state index in [0.717, 1.165) is 41.0 Å². The van der Waals surface area contributed by atoms with Gasteiger partial charge in [-0.1, -0.05) is 35.9 Å². The van der Waals surface area contributed by atoms with E-state index in [1.54, 1.807) is 12.1 Å². The molecule has 0 bridgehead atoms. The Labute approximate surface area is 191 Å². The first-order valence-corrected chi connectivity index (χ1v) is 11.0. The molecule has 0 aliphatic rings. The second kappa shape index (κ2) is 10.5. The Hall–Kier alpha value is -3.09. The van der Waals surface area contributed by atoms with Gasteiger partial charge in [-0.3, -0.25) is 0 Å². The van der Waals surface area contributed by atoms with Crippen molar-refractivity contribution in [3.05, 3.63) is 88.5 Å². The SMILES string of the molecule is CCOc1cc(CNCCc2nc3ccccc3[nH]2)cc(Cl)c1OCc1ccc(F)cc1. The molecule has 1 heterocycles. The van der Waals surface area contributed by atoms with E-state index >= 15 is 0 Å². The quantitative estimate of drug-likeness (QED) is 0.304. The van der Waals surface area contributed by atoms with Gasteiger partial charge in [0, 0.05) is 19.5 Å². The van der Waals surface area contributed by atoms with Crippen molar-refractivity contribution in [2.24, 2.45) is 0 Å². The Morgan fingerprint density at radius 1 is 1.03 bits per heavy atom. The molecule has 0 spiro atoms. The number of nitrogens with zero attached hydrogens (tertiary/aromatic N) is 1. The first-order valence-electron chi connectivity index (χ1n) is 10.6. The zero-order chi connectivity index (χ0) is 22.3. The van der Waals surface area contributed by atoms with E-state index < -0.39 is 0 Å². The number of para-hydroxylation sites is 2. The standard InChI is InChI=1S/C25H25ClFN3O2/c1-2-31-23-14-18(13-20(26)25(23)32-16-17-7-9-19(27)10-8-17)15-28-12-11-24-29-21-5-3-4-6-22(21)30-24/h3-10,13-14,28H,2,11-12,15-16H2,1H3,(H,29,30). The van der Waals surface area contributed by atoms with Crippen LogP contribution in [0.15, 0.2) is 60.7 Å². The minimum Gasteiger partial charge on any atom is -0.490 e. The van der Waals surface area contributed by atoms with Crippen molar-refractivity contribution >= 4 is 22.6 Å². The molecule has 0 aliphatic carbocycles. The molecule has 1 aromatic heterocycles. The highest BCUT2D eigenvalue weighted by Crippen LogP contribution is 2.37. The van der Waals surface area contributed by atoms with Crippen LogP contribution in [0.2, 0.25) is 5.02 Å². The van der Waals surface area contributed by atoms with E-state index in [1.807, 2.05) is 43.3 Å². The number of aromatic amines is 1. The first kappa shape index (κ1) is 22.1. The van der Waals surface area contributed by atoms with Crippen LogP contribution in [0.3, 0.4) is 0 Å². The lowest BCUT2D eigenvalue weighted by atomic mass is 10.2. The van der Waals surface area contributed by atoms with Crippen LogP contribution >= 0.6 is 11.6 Å². The van der Waals surface area contributed by atoms with Crippen molar-refractivity contribution in [3.63, 3.8) is 0 Å². The average Bonchev–Trinajstić information content (AvgIpc) is 3.20. The van der Waals surface area contributed by atoms with E-state index in [9.17, 15) is 4.39 Å². The summed E-state index contributed by atoms with van der Waals surface area (Å²) in [6.45, 7) is 4.08. The molecule has 0 unspecified atom stereocenters. The fourth-order valence-corrected chi connectivity index (χ4v) is 3.71. The molecule has 0 saturated heterocycles. The third-order valence-corrected chi connectivity index (χ3v) is 5.25. The third kappa shape index (κ3) is 5.58. The molecule has 4 rings (SSSR count). The molecule has 7 heteroatoms. The van der Waals surface area contributed by atoms with Crippen molar-refractivity contribution in [1.82, 2.24) is 15.3 Å². The highest BCUT2D eigenvalue weighted by Gasteiger charge is 2.13. The summed E-state index contributed by atoms with van der Waals surface area (Å²) >= 11 is 6.51. The molecule has 0 aliphatic heterocycles. The number of fused-ring (bicyclic) bond motifs is 1. The topological polar surface area (TPSA) is 59.2 Å². The van der Waals surface area contributed by atoms with Crippen LogP contribution in [0.25, 0.3) is 11.0 Å². The zero-order valence-corrected chi connectivity index (χ0v) is 18.6. The molecule has 4 aromatic rings. The van der Waals surface area contributed by atoms with Crippen LogP contribution in [0.4, 0.5) is 4.39 Å². The number of nitrogens with one attached hydrogen (secondary N) is 2. The maximum absolute atomic E-state index is 13.1. The Morgan fingerprint density at radius 3 is 2.62 bits per heavy atom. The maximum atomic E-state index is 13.1. The first-order chi connectivity index (χ1) is 15.6. The number of aromatic nitrogens is 2. The molecule has 0 atom stereocenters. The molecule has 2 N–H and O–H groups in total. The molecule has 3 aromatic carbocycles. The van der Waals surface area contributed by atoms with Gasteiger partial charge in [-0.2, -0.15) is 0 Å². The Balaban J connectivity index is 1.36. The van der Waals surface area contributed by atoms with Gasteiger partial charge in [0.2, 0.25) is 0 Å². The molecule has 166 valence electrons. The lowest BCUT2D eigenvalue weighted by Crippen LogP contribution is -2.17. The van der Waals surface area contributed by atoms with Gasteiger partial charge in [0.15, 0.2) is 11.5 Å². The Bertz CT molecular complexity index is 1140. The van der Waals surface area contributed by atoms with Gasteiger partial charge in [0.05, 0.1) is 22.7 Å². The number of benzene rings is 3. The molecule has 0 amide bonds. The highest BCUT2D eigenvalue weighted by molar-refractivity contribution is 6.32. The van der Waals surface area contributed by atoms with E-state index in [4.69, 9.17) is 21.1 Å². The number of imidazole rings is 1. The predicted octanol–water partition coefficient (Wildman–Crippen LogP) is 5.67. The van der Waals surface area contributed by atoms with Crippen LogP contribution in [0.1, 0.15) is 23.9 Å². The number of H-pyrrole nitrogens is 1. The van der Waals surface area contributed by atoms with Gasteiger partial charge < -0.3 is 19.8 Å². The molecule has 32 heavy (non-hydrogen) atoms. The maximum Gasteiger partial charge on any atom is 0.180 e. The van der Waals surface area contributed by atoms with Gasteiger partial charge in [-0.15, -0.1) is 0 Å². The smallest absolute Gasteiger partial charge is 0.180 e. The second-order valence-electron chi connectivity index (χ2n) is 7.38. The van der Waals surface area contributed by atoms with Crippen molar-refractivity contribution in [1.29, 1.82) is 0 Å². The Kier molecular flexibility index (Phi) is 7.24. The fraction of sp³-hybridized carbons (Fsp3) is 0.240. The largest absolute Gasteiger partial charge is 0.490 e. The van der Waals surface area contributed by atoms with Crippen LogP contribution in [0, 0.1) is 5.82 Å². The van der Waals surface area contributed by atoms with Crippen LogP contribution < -0.4 is 14.8 Å². The summed E-state index contributed by atoms with van der Waals surface area (Å²) in [6, 6.07) is 18.0. The third-order valence-electron chi connectivity index (χ3n) is 4.97. The molecule has 0 radical (unpaired) electrons. The van der Waals surface area contributed by atoms with E-state index in [-0.39, 0.29) is 12.4 Å². The van der Waals surface area contributed by atoms with Crippen molar-refractivity contribution in [2.75, 3.05) is 13.2 Å². The van der Waals surface area contributed by atoms with Gasteiger partial charge in [-0.05, 0) is 54.4 Å². The van der Waals surface area contributed by atoms with Crippen LogP contribution in [0.5, 0.6) is 11.5 Å². The summed E-state index contributed by atoms with van der Waals surface area (Å²) in [7, 11) is 0. The minimum atomic E-state index is -0.279. The second-order valence-corrected chi connectivity index (χ2v) is 7.79. The molecule has 0 fully saturated rings. The summed E-state index contributed by atoms with van der Waals surface area (Å²) in [6.07, 6.45) is 0.791. The van der Waals surface area contributed by atoms with Gasteiger partial charge in [0.1, 0.15) is 18.2 Å². The number of rotatable bonds is 10. The number of hydrogen-bond donors (Lipinski definition) is 2. The number of halogens is 2. The summed E-state index contributed by atoms with van der Waals surface area (Å²) in [5, 5.41) is 3.90. The van der Waals surface area contributed by atoms with Crippen LogP contribution in [-0.4, -0.2) is 23.1 Å². The highest BCUT2D eigenvalue weighted by atomic mass is 35.5. The normalized spacial score (nSPS) is 11.1. The summed E-state index contributed by atoms with van der Waals surface area (Å²) in [5.74, 6) is 1.76. The summed E-state index contributed by atoms with van der Waals surface area (Å²) in [4.78, 5) is 7.94. The number of ether oxygens (including phenoxy) is 2. The van der Waals surface area contributed by atoms with Crippen molar-refractivity contribution in [2.45, 2.75) is 26.5 Å². The lowest BCUT2D eigenvalue weighted by molar-refractivity contribution is 0.269. The Morgan fingerprint density at radius 2 is 1.84 bits per heavy atom. The fourth-order valence-electron chi connectivity index (χ4n) is 3.43. The average molecular weight is 454 g/mol. The lowest BCUT2D eigenvalue weighted by Gasteiger charge is -2.16. The summed E-state index contributed by atoms with van der Waals surface area (Å²) < 4.78 is 24.8. The van der Waals surface area contributed by atoms with E-state index in [1.165, 1.54) is 12.1 Å². The van der Waals surface area contributed by atoms with E-state index in [2.05, 4.69) is 15.3 Å². The van der Waals surface area contributed by atoms with E-state index in [0.29, 0.717) is 29.7 Å². The molecule has 0 saturated carbocycles. The molecular weight excluding hydrogens is 429 g/mol. The monoisotopic (exact) mass is 453 g/mol. The zero-order valence-electron chi connectivity index (χ0n) is 17.8. The molecule has 5 nitrogen and oxygen atoms in total. The van der Waals surface area contributed by atoms with Crippen LogP contribution in [-0.2, 0) is 19.6 Å². The van der Waals surface area contributed by atoms with Crippen molar-refractivity contribution < 1.29 is 13.9 Å². The molecular formula is C25H25ClFN3O2. The summed E-state index contributed by atoms with van der Waals surface area (Å²) in [5.41, 5.74) is 3.87. The predicted molar refractivity (Wildman–Crippen MR) is 125 cm³/mol. The van der Waals surface area contributed by atoms with Gasteiger partial charge in [-0.25, -0.2) is 9.37 Å².